The molecule has 0 aromatic heterocycles. The summed E-state index contributed by atoms with van der Waals surface area (Å²) in [5, 5.41) is 3.46. The first-order valence-electron chi connectivity index (χ1n) is 6.72. The second-order valence-corrected chi connectivity index (χ2v) is 7.10. The fourth-order valence-corrected chi connectivity index (χ4v) is 2.32. The molecule has 1 rings (SSSR count). The first-order chi connectivity index (χ1) is 7.79. The third-order valence-electron chi connectivity index (χ3n) is 3.99. The van der Waals surface area contributed by atoms with Crippen LogP contribution in [0.2, 0.25) is 0 Å². The lowest BCUT2D eigenvalue weighted by Crippen LogP contribution is -2.39. The van der Waals surface area contributed by atoms with Crippen LogP contribution in [0.15, 0.2) is 0 Å². The van der Waals surface area contributed by atoms with Crippen molar-refractivity contribution in [3.63, 3.8) is 0 Å². The van der Waals surface area contributed by atoms with Gasteiger partial charge in [-0.15, -0.1) is 11.6 Å². The normalized spacial score (nSPS) is 27.6. The molecule has 1 aliphatic carbocycles. The number of rotatable bonds is 3. The zero-order chi connectivity index (χ0) is 13.1. The number of alkyl halides is 1. The largest absolute Gasteiger partial charge is 0.353 e. The molecule has 100 valence electrons. The number of hydrogen-bond acceptors (Lipinski definition) is 1. The van der Waals surface area contributed by atoms with Gasteiger partial charge in [-0.3, -0.25) is 4.79 Å². The van der Waals surface area contributed by atoms with Crippen molar-refractivity contribution in [1.29, 1.82) is 0 Å². The van der Waals surface area contributed by atoms with Crippen molar-refractivity contribution in [2.24, 2.45) is 11.3 Å². The van der Waals surface area contributed by atoms with Gasteiger partial charge in [-0.1, -0.05) is 27.7 Å². The van der Waals surface area contributed by atoms with Gasteiger partial charge in [-0.25, -0.2) is 0 Å². The average Bonchev–Trinajstić information content (AvgIpc) is 2.20. The molecule has 1 N–H and O–H groups in total. The number of nitrogens with one attached hydrogen (secondary N) is 1. The summed E-state index contributed by atoms with van der Waals surface area (Å²) in [6.07, 6.45) is 4.75. The van der Waals surface area contributed by atoms with Crippen molar-refractivity contribution < 1.29 is 4.79 Å². The van der Waals surface area contributed by atoms with Crippen LogP contribution >= 0.6 is 11.6 Å². The van der Waals surface area contributed by atoms with Crippen LogP contribution in [0.25, 0.3) is 0 Å². The van der Waals surface area contributed by atoms with Crippen molar-refractivity contribution in [2.45, 2.75) is 71.2 Å². The fourth-order valence-electron chi connectivity index (χ4n) is 2.07. The Morgan fingerprint density at radius 2 is 1.82 bits per heavy atom. The third kappa shape index (κ3) is 5.29. The molecule has 1 aliphatic rings. The van der Waals surface area contributed by atoms with Crippen LogP contribution in [-0.4, -0.2) is 17.3 Å². The highest BCUT2D eigenvalue weighted by atomic mass is 35.5. The van der Waals surface area contributed by atoms with Crippen LogP contribution in [0.4, 0.5) is 0 Å². The van der Waals surface area contributed by atoms with E-state index >= 15 is 0 Å². The standard InChI is InChI=1S/C14H26ClNO/c1-10(14(2,3)4)9-13(17)16-12-7-5-11(15)6-8-12/h10-12H,5-9H2,1-4H3,(H,16,17). The lowest BCUT2D eigenvalue weighted by Gasteiger charge is -2.29. The average molecular weight is 260 g/mol. The highest BCUT2D eigenvalue weighted by Crippen LogP contribution is 2.28. The molecule has 1 saturated carbocycles. The van der Waals surface area contributed by atoms with E-state index in [1.54, 1.807) is 0 Å². The summed E-state index contributed by atoms with van der Waals surface area (Å²) >= 11 is 6.05. The van der Waals surface area contributed by atoms with E-state index in [0.29, 0.717) is 23.8 Å². The number of halogens is 1. The summed E-state index contributed by atoms with van der Waals surface area (Å²) in [6, 6.07) is 0.352. The number of hydrogen-bond donors (Lipinski definition) is 1. The molecule has 1 unspecified atom stereocenters. The summed E-state index contributed by atoms with van der Waals surface area (Å²) in [5.74, 6) is 0.609. The van der Waals surface area contributed by atoms with Gasteiger partial charge in [-0.2, -0.15) is 0 Å². The van der Waals surface area contributed by atoms with Gasteiger partial charge in [0.05, 0.1) is 0 Å². The quantitative estimate of drug-likeness (QED) is 0.769. The number of carbonyl (C=O) groups excluding carboxylic acids is 1. The van der Waals surface area contributed by atoms with Crippen LogP contribution in [-0.2, 0) is 4.79 Å². The van der Waals surface area contributed by atoms with Gasteiger partial charge >= 0.3 is 0 Å². The molecule has 1 atom stereocenters. The second-order valence-electron chi connectivity index (χ2n) is 6.49. The summed E-state index contributed by atoms with van der Waals surface area (Å²) in [5.41, 5.74) is 0.200. The molecule has 1 amide bonds. The number of carbonyl (C=O) groups is 1. The van der Waals surface area contributed by atoms with E-state index in [1.165, 1.54) is 0 Å². The second kappa shape index (κ2) is 6.08. The molecule has 0 saturated heterocycles. The lowest BCUT2D eigenvalue weighted by atomic mass is 9.80. The smallest absolute Gasteiger partial charge is 0.220 e. The first-order valence-corrected chi connectivity index (χ1v) is 7.16. The summed E-state index contributed by atoms with van der Waals surface area (Å²) in [6.45, 7) is 8.70. The zero-order valence-electron chi connectivity index (χ0n) is 11.6. The van der Waals surface area contributed by atoms with Gasteiger partial charge < -0.3 is 5.32 Å². The topological polar surface area (TPSA) is 29.1 Å². The van der Waals surface area contributed by atoms with E-state index in [-0.39, 0.29) is 11.3 Å². The SMILES string of the molecule is CC(CC(=O)NC1CCC(Cl)CC1)C(C)(C)C. The monoisotopic (exact) mass is 259 g/mol. The zero-order valence-corrected chi connectivity index (χ0v) is 12.3. The van der Waals surface area contributed by atoms with Gasteiger partial charge in [-0.05, 0) is 37.0 Å². The predicted octanol–water partition coefficient (Wildman–Crippen LogP) is 3.72. The number of amides is 1. The maximum Gasteiger partial charge on any atom is 0.220 e. The Labute approximate surface area is 110 Å². The highest BCUT2D eigenvalue weighted by molar-refractivity contribution is 6.20. The minimum absolute atomic E-state index is 0.199. The molecule has 0 spiro atoms. The molecule has 3 heteroatoms. The molecule has 0 heterocycles. The molecule has 0 aliphatic heterocycles. The van der Waals surface area contributed by atoms with Crippen molar-refractivity contribution in [3.05, 3.63) is 0 Å². The summed E-state index contributed by atoms with van der Waals surface area (Å²) in [4.78, 5) is 11.9. The summed E-state index contributed by atoms with van der Waals surface area (Å²) in [7, 11) is 0. The van der Waals surface area contributed by atoms with Gasteiger partial charge in [0.2, 0.25) is 5.91 Å². The van der Waals surface area contributed by atoms with E-state index in [4.69, 9.17) is 11.6 Å². The minimum atomic E-state index is 0.199. The molecule has 1 fully saturated rings. The van der Waals surface area contributed by atoms with Crippen LogP contribution in [0.1, 0.15) is 59.8 Å². The molecule has 2 nitrogen and oxygen atoms in total. The molecule has 0 bridgehead atoms. The van der Waals surface area contributed by atoms with Gasteiger partial charge in [0.25, 0.3) is 0 Å². The third-order valence-corrected chi connectivity index (χ3v) is 4.43. The van der Waals surface area contributed by atoms with Crippen LogP contribution in [0.5, 0.6) is 0 Å². The first kappa shape index (κ1) is 14.8. The Balaban J connectivity index is 2.30. The van der Waals surface area contributed by atoms with Crippen molar-refractivity contribution in [3.8, 4) is 0 Å². The Bertz CT molecular complexity index is 251. The lowest BCUT2D eigenvalue weighted by molar-refractivity contribution is -0.123. The van der Waals surface area contributed by atoms with Crippen molar-refractivity contribution in [2.75, 3.05) is 0 Å². The minimum Gasteiger partial charge on any atom is -0.353 e. The Hall–Kier alpha value is -0.240. The molecule has 17 heavy (non-hydrogen) atoms. The van der Waals surface area contributed by atoms with Gasteiger partial charge in [0.15, 0.2) is 0 Å². The molecule has 0 aromatic rings. The van der Waals surface area contributed by atoms with Crippen LogP contribution in [0, 0.1) is 11.3 Å². The van der Waals surface area contributed by atoms with E-state index in [9.17, 15) is 4.79 Å². The van der Waals surface area contributed by atoms with Gasteiger partial charge in [0, 0.05) is 17.8 Å². The fraction of sp³-hybridized carbons (Fsp3) is 0.929. The van der Waals surface area contributed by atoms with Crippen molar-refractivity contribution in [1.82, 2.24) is 5.32 Å². The molecule has 0 radical (unpaired) electrons. The van der Waals surface area contributed by atoms with E-state index in [0.717, 1.165) is 25.7 Å². The van der Waals surface area contributed by atoms with Gasteiger partial charge in [0.1, 0.15) is 0 Å². The van der Waals surface area contributed by atoms with E-state index in [2.05, 4.69) is 33.0 Å². The van der Waals surface area contributed by atoms with E-state index in [1.807, 2.05) is 0 Å². The molecular formula is C14H26ClNO. The van der Waals surface area contributed by atoms with Crippen LogP contribution in [0.3, 0.4) is 0 Å². The molecular weight excluding hydrogens is 234 g/mol. The van der Waals surface area contributed by atoms with E-state index < -0.39 is 0 Å². The Kier molecular flexibility index (Phi) is 5.30. The summed E-state index contributed by atoms with van der Waals surface area (Å²) < 4.78 is 0. The Morgan fingerprint density at radius 3 is 2.29 bits per heavy atom. The molecule has 0 aromatic carbocycles. The highest BCUT2D eigenvalue weighted by Gasteiger charge is 2.25. The predicted molar refractivity (Wildman–Crippen MR) is 73.3 cm³/mol. The maximum absolute atomic E-state index is 11.9. The maximum atomic E-state index is 11.9. The van der Waals surface area contributed by atoms with Crippen molar-refractivity contribution >= 4 is 17.5 Å². The Morgan fingerprint density at radius 1 is 1.29 bits per heavy atom. The van der Waals surface area contributed by atoms with Crippen LogP contribution < -0.4 is 5.32 Å².